The van der Waals surface area contributed by atoms with Gasteiger partial charge >= 0.3 is 6.09 Å². The lowest BCUT2D eigenvalue weighted by Crippen LogP contribution is -2.36. The number of pyridine rings is 1. The van der Waals surface area contributed by atoms with Gasteiger partial charge in [0.1, 0.15) is 11.7 Å². The van der Waals surface area contributed by atoms with Gasteiger partial charge in [0, 0.05) is 6.54 Å². The smallest absolute Gasteiger partial charge is 0.410 e. The molecule has 6 heteroatoms. The van der Waals surface area contributed by atoms with Crippen LogP contribution in [-0.4, -0.2) is 40.8 Å². The van der Waals surface area contributed by atoms with E-state index in [0.717, 1.165) is 5.57 Å². The van der Waals surface area contributed by atoms with Crippen LogP contribution in [0.15, 0.2) is 30.5 Å². The van der Waals surface area contributed by atoms with Crippen LogP contribution in [-0.2, 0) is 4.74 Å². The summed E-state index contributed by atoms with van der Waals surface area (Å²) in [6.45, 7) is 17.1. The number of rotatable bonds is 2. The molecule has 2 heterocycles. The van der Waals surface area contributed by atoms with Gasteiger partial charge in [-0.2, -0.15) is 0 Å². The fraction of sp³-hybridized carbons (Fsp3) is 0.438. The number of carbonyl (C=O) groups is 1. The predicted octanol–water partition coefficient (Wildman–Crippen LogP) is 3.19. The molecule has 1 aliphatic rings. The van der Waals surface area contributed by atoms with Crippen LogP contribution in [0.3, 0.4) is 0 Å². The maximum Gasteiger partial charge on any atom is 0.410 e. The molecule has 0 bridgehead atoms. The van der Waals surface area contributed by atoms with Crippen molar-refractivity contribution in [1.29, 1.82) is 0 Å². The van der Waals surface area contributed by atoms with Crippen LogP contribution < -0.4 is 4.74 Å². The zero-order chi connectivity index (χ0) is 16.3. The Hall–Kier alpha value is -2.55. The van der Waals surface area contributed by atoms with Gasteiger partial charge in [-0.3, -0.25) is 0 Å². The van der Waals surface area contributed by atoms with Crippen LogP contribution in [0.4, 0.5) is 10.6 Å². The van der Waals surface area contributed by atoms with Crippen molar-refractivity contribution >= 4 is 11.9 Å². The molecule has 1 fully saturated rings. The Kier molecular flexibility index (Phi) is 4.36. The predicted molar refractivity (Wildman–Crippen MR) is 81.9 cm³/mol. The summed E-state index contributed by atoms with van der Waals surface area (Å²) in [5.41, 5.74) is 0.275. The molecule has 0 N–H and O–H groups in total. The Morgan fingerprint density at radius 2 is 2.23 bits per heavy atom. The van der Waals surface area contributed by atoms with Crippen LogP contribution in [0.25, 0.3) is 4.85 Å². The zero-order valence-electron chi connectivity index (χ0n) is 13.0. The highest BCUT2D eigenvalue weighted by molar-refractivity contribution is 5.69. The molecule has 0 unspecified atom stereocenters. The van der Waals surface area contributed by atoms with Gasteiger partial charge in [-0.1, -0.05) is 13.2 Å². The molecule has 1 aromatic heterocycles. The minimum absolute atomic E-state index is 0.298. The van der Waals surface area contributed by atoms with Gasteiger partial charge in [0.2, 0.25) is 0 Å². The van der Waals surface area contributed by atoms with E-state index in [-0.39, 0.29) is 12.2 Å². The van der Waals surface area contributed by atoms with E-state index in [1.165, 1.54) is 6.20 Å². The minimum atomic E-state index is -0.531. The second-order valence-corrected chi connectivity index (χ2v) is 6.09. The summed E-state index contributed by atoms with van der Waals surface area (Å²) in [6.07, 6.45) is 0.825. The summed E-state index contributed by atoms with van der Waals surface area (Å²) in [5.74, 6) is 0.859. The lowest BCUT2D eigenvalue weighted by atomic mass is 10.2. The molecule has 1 aliphatic heterocycles. The standard InChI is InChI=1S/C16H19N3O3/c1-11-9-19(15(20)22-16(2,3)4)10-13(11)21-12-6-7-14(17-5)18-8-12/h6-8,13H,1,9-10H2,2-4H3/t13-/m0/s1. The quantitative estimate of drug-likeness (QED) is 0.622. The number of hydrogen-bond acceptors (Lipinski definition) is 4. The Balaban J connectivity index is 1.97. The van der Waals surface area contributed by atoms with Crippen molar-refractivity contribution in [2.24, 2.45) is 0 Å². The first-order chi connectivity index (χ1) is 10.3. The molecule has 6 nitrogen and oxygen atoms in total. The number of amides is 1. The van der Waals surface area contributed by atoms with Crippen molar-refractivity contribution in [3.63, 3.8) is 0 Å². The lowest BCUT2D eigenvalue weighted by Gasteiger charge is -2.24. The van der Waals surface area contributed by atoms with Crippen molar-refractivity contribution in [3.05, 3.63) is 41.9 Å². The number of likely N-dealkylation sites (tertiary alicyclic amines) is 1. The molecule has 116 valence electrons. The van der Waals surface area contributed by atoms with Crippen molar-refractivity contribution < 1.29 is 14.3 Å². The van der Waals surface area contributed by atoms with Crippen molar-refractivity contribution in [1.82, 2.24) is 9.88 Å². The number of hydrogen-bond donors (Lipinski definition) is 0. The van der Waals surface area contributed by atoms with Gasteiger partial charge in [-0.05, 0) is 38.5 Å². The van der Waals surface area contributed by atoms with Crippen molar-refractivity contribution in [3.8, 4) is 5.75 Å². The van der Waals surface area contributed by atoms with Gasteiger partial charge < -0.3 is 19.2 Å². The van der Waals surface area contributed by atoms with Crippen LogP contribution in [0.5, 0.6) is 5.75 Å². The van der Waals surface area contributed by atoms with Gasteiger partial charge in [-0.25, -0.2) is 4.79 Å². The van der Waals surface area contributed by atoms with Crippen LogP contribution in [0.1, 0.15) is 20.8 Å². The number of carbonyl (C=O) groups excluding carboxylic acids is 1. The first kappa shape index (κ1) is 15.8. The summed E-state index contributed by atoms with van der Waals surface area (Å²) in [6, 6.07) is 3.27. The van der Waals surface area contributed by atoms with Gasteiger partial charge in [-0.15, -0.1) is 4.98 Å². The Bertz CT molecular complexity index is 611. The Morgan fingerprint density at radius 3 is 2.77 bits per heavy atom. The molecule has 0 aliphatic carbocycles. The van der Waals surface area contributed by atoms with Gasteiger partial charge in [0.05, 0.1) is 6.54 Å². The molecule has 0 radical (unpaired) electrons. The number of ether oxygens (including phenoxy) is 2. The van der Waals surface area contributed by atoms with E-state index < -0.39 is 5.60 Å². The maximum atomic E-state index is 12.0. The molecular formula is C16H19N3O3. The fourth-order valence-electron chi connectivity index (χ4n) is 2.00. The lowest BCUT2D eigenvalue weighted by molar-refractivity contribution is 0.0276. The zero-order valence-corrected chi connectivity index (χ0v) is 13.0. The van der Waals surface area contributed by atoms with Crippen LogP contribution >= 0.6 is 0 Å². The second-order valence-electron chi connectivity index (χ2n) is 6.09. The van der Waals surface area contributed by atoms with Crippen molar-refractivity contribution in [2.75, 3.05) is 13.1 Å². The number of nitrogens with zero attached hydrogens (tertiary/aromatic N) is 3. The van der Waals surface area contributed by atoms with Gasteiger partial charge in [0.25, 0.3) is 5.82 Å². The SMILES string of the molecule is [C-]#[N+]c1ccc(O[C@H]2CN(C(=O)OC(C)(C)C)CC2=C)cn1. The molecule has 1 aromatic rings. The Labute approximate surface area is 130 Å². The monoisotopic (exact) mass is 301 g/mol. The topological polar surface area (TPSA) is 56.0 Å². The second kappa shape index (κ2) is 6.06. The molecule has 1 amide bonds. The first-order valence-electron chi connectivity index (χ1n) is 6.94. The average molecular weight is 301 g/mol. The fourth-order valence-corrected chi connectivity index (χ4v) is 2.00. The molecular weight excluding hydrogens is 282 g/mol. The summed E-state index contributed by atoms with van der Waals surface area (Å²) < 4.78 is 11.1. The minimum Gasteiger partial charge on any atom is -0.480 e. The highest BCUT2D eigenvalue weighted by Crippen LogP contribution is 2.23. The van der Waals surface area contributed by atoms with E-state index in [2.05, 4.69) is 16.4 Å². The van der Waals surface area contributed by atoms with E-state index in [0.29, 0.717) is 24.7 Å². The molecule has 22 heavy (non-hydrogen) atoms. The molecule has 0 saturated carbocycles. The molecule has 2 rings (SSSR count). The third-order valence-electron chi connectivity index (χ3n) is 3.00. The summed E-state index contributed by atoms with van der Waals surface area (Å²) in [7, 11) is 0. The first-order valence-corrected chi connectivity index (χ1v) is 6.94. The van der Waals surface area contributed by atoms with Crippen LogP contribution in [0, 0.1) is 6.57 Å². The normalized spacial score (nSPS) is 18.0. The third kappa shape index (κ3) is 3.98. The largest absolute Gasteiger partial charge is 0.480 e. The summed E-state index contributed by atoms with van der Waals surface area (Å²) in [4.78, 5) is 20.8. The Morgan fingerprint density at radius 1 is 1.50 bits per heavy atom. The molecule has 0 aromatic carbocycles. The maximum absolute atomic E-state index is 12.0. The van der Waals surface area contributed by atoms with E-state index in [1.807, 2.05) is 20.8 Å². The summed E-state index contributed by atoms with van der Waals surface area (Å²) >= 11 is 0. The van der Waals surface area contributed by atoms with E-state index in [4.69, 9.17) is 16.0 Å². The third-order valence-corrected chi connectivity index (χ3v) is 3.00. The van der Waals surface area contributed by atoms with E-state index in [1.54, 1.807) is 17.0 Å². The van der Waals surface area contributed by atoms with Crippen molar-refractivity contribution in [2.45, 2.75) is 32.5 Å². The average Bonchev–Trinajstić information content (AvgIpc) is 2.79. The van der Waals surface area contributed by atoms with Gasteiger partial charge in [0.15, 0.2) is 11.9 Å². The molecule has 0 spiro atoms. The highest BCUT2D eigenvalue weighted by atomic mass is 16.6. The van der Waals surface area contributed by atoms with E-state index in [9.17, 15) is 4.79 Å². The molecule has 1 atom stereocenters. The van der Waals surface area contributed by atoms with Crippen LogP contribution in [0.2, 0.25) is 0 Å². The number of aromatic nitrogens is 1. The summed E-state index contributed by atoms with van der Waals surface area (Å²) in [5, 5.41) is 0. The van der Waals surface area contributed by atoms with E-state index >= 15 is 0 Å². The molecule has 1 saturated heterocycles. The highest BCUT2D eigenvalue weighted by Gasteiger charge is 2.33.